The number of rotatable bonds is 3. The molecule has 0 fully saturated rings. The summed E-state index contributed by atoms with van der Waals surface area (Å²) in [5.41, 5.74) is 1.12. The molecule has 1 aliphatic heterocycles. The fraction of sp³-hybridized carbons (Fsp3) is 0.190. The quantitative estimate of drug-likeness (QED) is 0.566. The average Bonchev–Trinajstić information content (AvgIpc) is 2.74. The lowest BCUT2D eigenvalue weighted by atomic mass is 10.1. The van der Waals surface area contributed by atoms with Crippen LogP contribution in [0.15, 0.2) is 64.0 Å². The number of carbonyl (C=O) groups is 2. The van der Waals surface area contributed by atoms with Gasteiger partial charge in [-0.15, -0.1) is 0 Å². The molecule has 0 bridgehead atoms. The van der Waals surface area contributed by atoms with Gasteiger partial charge in [-0.05, 0) is 30.3 Å². The predicted molar refractivity (Wildman–Crippen MR) is 111 cm³/mol. The van der Waals surface area contributed by atoms with Crippen molar-refractivity contribution in [2.45, 2.75) is 12.6 Å². The number of halogens is 1. The minimum absolute atomic E-state index is 0.000634. The second-order valence-electron chi connectivity index (χ2n) is 6.57. The molecule has 0 unspecified atom stereocenters. The van der Waals surface area contributed by atoms with Gasteiger partial charge in [-0.2, -0.15) is 0 Å². The van der Waals surface area contributed by atoms with Crippen molar-refractivity contribution >= 4 is 44.4 Å². The number of carbonyl (C=O) groups excluding carboxylic acids is 2. The highest BCUT2D eigenvalue weighted by atomic mass is 79.9. The third-order valence-corrected chi connectivity index (χ3v) is 5.28. The number of hydrogen-bond acceptors (Lipinski definition) is 5. The highest BCUT2D eigenvalue weighted by Crippen LogP contribution is 2.33. The Morgan fingerprint density at radius 2 is 2.00 bits per heavy atom. The molecule has 8 heteroatoms. The number of aromatic nitrogens is 1. The van der Waals surface area contributed by atoms with Crippen LogP contribution >= 0.6 is 15.9 Å². The molecule has 3 aromatic rings. The number of amides is 1. The molecule has 0 radical (unpaired) electrons. The Morgan fingerprint density at radius 3 is 2.79 bits per heavy atom. The minimum Gasteiger partial charge on any atom is -0.475 e. The summed E-state index contributed by atoms with van der Waals surface area (Å²) in [6, 6.07) is 13.8. The van der Waals surface area contributed by atoms with Crippen LogP contribution in [-0.2, 0) is 20.9 Å². The molecule has 1 aromatic heterocycles. The van der Waals surface area contributed by atoms with Crippen LogP contribution in [0.5, 0.6) is 5.75 Å². The first kappa shape index (κ1) is 19.2. The number of fused-ring (bicyclic) bond motifs is 2. The molecule has 0 aliphatic carbocycles. The average molecular weight is 457 g/mol. The van der Waals surface area contributed by atoms with E-state index in [0.717, 1.165) is 4.47 Å². The van der Waals surface area contributed by atoms with Gasteiger partial charge in [0.2, 0.25) is 12.0 Å². The fourth-order valence-corrected chi connectivity index (χ4v) is 3.74. The van der Waals surface area contributed by atoms with Gasteiger partial charge in [0.25, 0.3) is 0 Å². The summed E-state index contributed by atoms with van der Waals surface area (Å²) >= 11 is 3.37. The van der Waals surface area contributed by atoms with Crippen molar-refractivity contribution in [2.24, 2.45) is 0 Å². The fourth-order valence-electron chi connectivity index (χ4n) is 3.38. The SMILES string of the molecule is COC(=O)[C@@H]1CN(C(=O)Cn2ccc(=O)c3cc(Br)ccc32)c2ccccc2O1. The largest absolute Gasteiger partial charge is 0.475 e. The van der Waals surface area contributed by atoms with Crippen LogP contribution in [0, 0.1) is 0 Å². The second kappa shape index (κ2) is 7.71. The zero-order chi connectivity index (χ0) is 20.5. The third-order valence-electron chi connectivity index (χ3n) is 4.78. The van der Waals surface area contributed by atoms with Crippen LogP contribution < -0.4 is 15.1 Å². The lowest BCUT2D eigenvalue weighted by Gasteiger charge is -2.33. The summed E-state index contributed by atoms with van der Waals surface area (Å²) in [6.07, 6.45) is 0.696. The molecule has 0 saturated carbocycles. The standard InChI is InChI=1S/C21H17BrN2O5/c1-28-21(27)19-11-24(16-4-2-3-5-18(16)29-19)20(26)12-23-9-8-17(25)14-10-13(22)6-7-15(14)23/h2-10,19H,11-12H2,1H3/t19-/m0/s1. The van der Waals surface area contributed by atoms with Crippen LogP contribution in [0.1, 0.15) is 0 Å². The number of pyridine rings is 1. The van der Waals surface area contributed by atoms with Gasteiger partial charge in [0, 0.05) is 22.1 Å². The number of methoxy groups -OCH3 is 1. The van der Waals surface area contributed by atoms with Gasteiger partial charge in [0.15, 0.2) is 5.43 Å². The maximum atomic E-state index is 13.2. The highest BCUT2D eigenvalue weighted by molar-refractivity contribution is 9.10. The van der Waals surface area contributed by atoms with Crippen LogP contribution in [0.25, 0.3) is 10.9 Å². The molecule has 1 aliphatic rings. The van der Waals surface area contributed by atoms with E-state index in [4.69, 9.17) is 9.47 Å². The number of benzene rings is 2. The molecule has 148 valence electrons. The van der Waals surface area contributed by atoms with Crippen molar-refractivity contribution in [2.75, 3.05) is 18.6 Å². The van der Waals surface area contributed by atoms with Crippen molar-refractivity contribution in [1.29, 1.82) is 0 Å². The van der Waals surface area contributed by atoms with E-state index < -0.39 is 12.1 Å². The highest BCUT2D eigenvalue weighted by Gasteiger charge is 2.34. The molecule has 0 N–H and O–H groups in total. The maximum absolute atomic E-state index is 13.2. The zero-order valence-corrected chi connectivity index (χ0v) is 17.1. The topological polar surface area (TPSA) is 77.8 Å². The van der Waals surface area contributed by atoms with Crippen LogP contribution in [0.4, 0.5) is 5.69 Å². The van der Waals surface area contributed by atoms with Gasteiger partial charge in [-0.3, -0.25) is 9.59 Å². The van der Waals surface area contributed by atoms with E-state index >= 15 is 0 Å². The molecule has 0 saturated heterocycles. The van der Waals surface area contributed by atoms with Gasteiger partial charge >= 0.3 is 5.97 Å². The van der Waals surface area contributed by atoms with Gasteiger partial charge in [-0.25, -0.2) is 4.79 Å². The van der Waals surface area contributed by atoms with E-state index in [1.165, 1.54) is 18.1 Å². The molecule has 0 spiro atoms. The Kier molecular flexibility index (Phi) is 5.10. The molecule has 4 rings (SSSR count). The predicted octanol–water partition coefficient (Wildman–Crippen LogP) is 2.73. The van der Waals surface area contributed by atoms with Crippen molar-refractivity contribution < 1.29 is 19.1 Å². The first-order valence-electron chi connectivity index (χ1n) is 8.90. The van der Waals surface area contributed by atoms with Crippen LogP contribution in [-0.4, -0.2) is 36.2 Å². The monoisotopic (exact) mass is 456 g/mol. The summed E-state index contributed by atoms with van der Waals surface area (Å²) in [5, 5.41) is 0.518. The zero-order valence-electron chi connectivity index (χ0n) is 15.5. The van der Waals surface area contributed by atoms with Crippen molar-refractivity contribution in [3.05, 3.63) is 69.4 Å². The van der Waals surface area contributed by atoms with E-state index in [9.17, 15) is 14.4 Å². The molecule has 1 atom stereocenters. The van der Waals surface area contributed by atoms with Gasteiger partial charge in [-0.1, -0.05) is 28.1 Å². The number of esters is 1. The Balaban J connectivity index is 1.70. The first-order valence-corrected chi connectivity index (χ1v) is 9.70. The Labute approximate surface area is 174 Å². The van der Waals surface area contributed by atoms with Crippen LogP contribution in [0.3, 0.4) is 0 Å². The molecule has 1 amide bonds. The first-order chi connectivity index (χ1) is 14.0. The number of anilines is 1. The summed E-state index contributed by atoms with van der Waals surface area (Å²) in [6.45, 7) is 0.0485. The van der Waals surface area contributed by atoms with E-state index in [1.807, 2.05) is 6.07 Å². The van der Waals surface area contributed by atoms with Gasteiger partial charge in [0.05, 0.1) is 24.9 Å². The number of hydrogen-bond donors (Lipinski definition) is 0. The summed E-state index contributed by atoms with van der Waals surface area (Å²) in [4.78, 5) is 38.9. The molecule has 29 heavy (non-hydrogen) atoms. The number of ether oxygens (including phenoxy) is 2. The Morgan fingerprint density at radius 1 is 1.21 bits per heavy atom. The molecule has 7 nitrogen and oxygen atoms in total. The smallest absolute Gasteiger partial charge is 0.348 e. The lowest BCUT2D eigenvalue weighted by Crippen LogP contribution is -2.48. The van der Waals surface area contributed by atoms with Crippen molar-refractivity contribution in [3.8, 4) is 5.75 Å². The van der Waals surface area contributed by atoms with Gasteiger partial charge < -0.3 is 18.9 Å². The summed E-state index contributed by atoms with van der Waals surface area (Å²) in [7, 11) is 1.28. The second-order valence-corrected chi connectivity index (χ2v) is 7.49. The lowest BCUT2D eigenvalue weighted by molar-refractivity contribution is -0.148. The van der Waals surface area contributed by atoms with E-state index in [2.05, 4.69) is 15.9 Å². The van der Waals surface area contributed by atoms with Crippen LogP contribution in [0.2, 0.25) is 0 Å². The Bertz CT molecular complexity index is 1170. The summed E-state index contributed by atoms with van der Waals surface area (Å²) < 4.78 is 13.0. The van der Waals surface area contributed by atoms with Crippen molar-refractivity contribution in [1.82, 2.24) is 4.57 Å². The third kappa shape index (κ3) is 3.63. The number of nitrogens with zero attached hydrogens (tertiary/aromatic N) is 2. The van der Waals surface area contributed by atoms with E-state index in [0.29, 0.717) is 22.3 Å². The molecule has 2 heterocycles. The Hall–Kier alpha value is -3.13. The van der Waals surface area contributed by atoms with Gasteiger partial charge in [0.1, 0.15) is 12.3 Å². The van der Waals surface area contributed by atoms with E-state index in [1.54, 1.807) is 47.2 Å². The molecular formula is C21H17BrN2O5. The summed E-state index contributed by atoms with van der Waals surface area (Å²) in [5.74, 6) is -0.338. The molecule has 2 aromatic carbocycles. The molecular weight excluding hydrogens is 440 g/mol. The minimum atomic E-state index is -0.902. The maximum Gasteiger partial charge on any atom is 0.348 e. The van der Waals surface area contributed by atoms with Crippen molar-refractivity contribution in [3.63, 3.8) is 0 Å². The number of para-hydroxylation sites is 2. The normalized spacial score (nSPS) is 15.5. The van der Waals surface area contributed by atoms with E-state index in [-0.39, 0.29) is 24.4 Å².